The molecule has 2 aromatic heterocycles. The summed E-state index contributed by atoms with van der Waals surface area (Å²) in [4.78, 5) is 27.9. The van der Waals surface area contributed by atoms with Crippen molar-refractivity contribution in [1.82, 2.24) is 14.1 Å². The first-order valence-electron chi connectivity index (χ1n) is 8.20. The number of aromatic nitrogens is 3. The molecule has 1 fully saturated rings. The van der Waals surface area contributed by atoms with Crippen molar-refractivity contribution in [3.05, 3.63) is 51.9 Å². The number of imidazole rings is 1. The highest BCUT2D eigenvalue weighted by molar-refractivity contribution is 5.87. The number of nitrogens with zero attached hydrogens (tertiary/aromatic N) is 3. The van der Waals surface area contributed by atoms with Crippen molar-refractivity contribution >= 4 is 17.3 Å². The van der Waals surface area contributed by atoms with Gasteiger partial charge in [0.05, 0.1) is 11.0 Å². The molecule has 4 rings (SSSR count). The summed E-state index contributed by atoms with van der Waals surface area (Å²) in [5, 5.41) is 0. The standard InChI is InChI=1S/C19H19N3O2/c1-12-7-15(10-21(2)19(12)24)18-20-16-6-5-14(11-23)8-17(16)22(18)9-13-3-4-13/h5-8,10-11,13H,3-4,9H2,1-2H3. The molecule has 122 valence electrons. The molecule has 1 saturated carbocycles. The first-order chi connectivity index (χ1) is 11.6. The number of carbonyl (C=O) groups excluding carboxylic acids is 1. The second kappa shape index (κ2) is 5.44. The zero-order valence-electron chi connectivity index (χ0n) is 13.8. The van der Waals surface area contributed by atoms with E-state index in [1.54, 1.807) is 17.7 Å². The monoisotopic (exact) mass is 321 g/mol. The number of pyridine rings is 1. The minimum absolute atomic E-state index is 0.00634. The first kappa shape index (κ1) is 14.9. The van der Waals surface area contributed by atoms with Gasteiger partial charge in [-0.3, -0.25) is 9.59 Å². The fourth-order valence-corrected chi connectivity index (χ4v) is 3.18. The summed E-state index contributed by atoms with van der Waals surface area (Å²) in [6.45, 7) is 2.72. The van der Waals surface area contributed by atoms with Gasteiger partial charge >= 0.3 is 0 Å². The summed E-state index contributed by atoms with van der Waals surface area (Å²) < 4.78 is 3.79. The van der Waals surface area contributed by atoms with E-state index in [0.717, 1.165) is 35.3 Å². The van der Waals surface area contributed by atoms with Crippen LogP contribution in [0.15, 0.2) is 35.3 Å². The van der Waals surface area contributed by atoms with Crippen LogP contribution in [0.2, 0.25) is 0 Å². The highest BCUT2D eigenvalue weighted by Crippen LogP contribution is 2.34. The van der Waals surface area contributed by atoms with E-state index in [1.165, 1.54) is 12.8 Å². The number of hydrogen-bond donors (Lipinski definition) is 0. The summed E-state index contributed by atoms with van der Waals surface area (Å²) >= 11 is 0. The Bertz CT molecular complexity index is 983. The normalized spacial score (nSPS) is 14.2. The van der Waals surface area contributed by atoms with Crippen molar-refractivity contribution in [3.8, 4) is 11.4 Å². The summed E-state index contributed by atoms with van der Waals surface area (Å²) in [6.07, 6.45) is 5.17. The van der Waals surface area contributed by atoms with Crippen molar-refractivity contribution < 1.29 is 4.79 Å². The van der Waals surface area contributed by atoms with Crippen LogP contribution in [0.25, 0.3) is 22.4 Å². The number of aryl methyl sites for hydroxylation is 2. The Morgan fingerprint density at radius 3 is 2.75 bits per heavy atom. The zero-order chi connectivity index (χ0) is 16.8. The van der Waals surface area contributed by atoms with Gasteiger partial charge < -0.3 is 9.13 Å². The third-order valence-corrected chi connectivity index (χ3v) is 4.67. The van der Waals surface area contributed by atoms with Crippen LogP contribution < -0.4 is 5.56 Å². The van der Waals surface area contributed by atoms with Crippen LogP contribution in [0.3, 0.4) is 0 Å². The van der Waals surface area contributed by atoms with Crippen molar-refractivity contribution in [3.63, 3.8) is 0 Å². The average Bonchev–Trinajstić information content (AvgIpc) is 3.32. The third-order valence-electron chi connectivity index (χ3n) is 4.67. The summed E-state index contributed by atoms with van der Waals surface area (Å²) in [7, 11) is 1.76. The fraction of sp³-hybridized carbons (Fsp3) is 0.316. The van der Waals surface area contributed by atoms with Gasteiger partial charge in [0.2, 0.25) is 0 Å². The second-order valence-corrected chi connectivity index (χ2v) is 6.68. The van der Waals surface area contributed by atoms with Crippen molar-refractivity contribution in [2.75, 3.05) is 0 Å². The molecule has 1 aromatic carbocycles. The molecule has 0 amide bonds. The average molecular weight is 321 g/mol. The van der Waals surface area contributed by atoms with Gasteiger partial charge in [0, 0.05) is 36.5 Å². The highest BCUT2D eigenvalue weighted by Gasteiger charge is 2.25. The molecule has 0 unspecified atom stereocenters. The number of benzene rings is 1. The Labute approximate surface area is 139 Å². The molecule has 2 heterocycles. The summed E-state index contributed by atoms with van der Waals surface area (Å²) in [6, 6.07) is 7.48. The van der Waals surface area contributed by atoms with Gasteiger partial charge in [-0.1, -0.05) is 0 Å². The lowest BCUT2D eigenvalue weighted by atomic mass is 10.2. The number of aldehydes is 1. The van der Waals surface area contributed by atoms with Gasteiger partial charge in [0.15, 0.2) is 0 Å². The van der Waals surface area contributed by atoms with Gasteiger partial charge in [-0.25, -0.2) is 4.98 Å². The zero-order valence-corrected chi connectivity index (χ0v) is 13.8. The molecule has 5 nitrogen and oxygen atoms in total. The SMILES string of the molecule is Cc1cc(-c2nc3ccc(C=O)cc3n2CC2CC2)cn(C)c1=O. The predicted octanol–water partition coefficient (Wildman–Crippen LogP) is 2.93. The maximum absolute atomic E-state index is 12.0. The highest BCUT2D eigenvalue weighted by atomic mass is 16.1. The van der Waals surface area contributed by atoms with Crippen LogP contribution in [0.4, 0.5) is 0 Å². The molecule has 0 atom stereocenters. The van der Waals surface area contributed by atoms with Crippen LogP contribution in [0, 0.1) is 12.8 Å². The minimum atomic E-state index is 0.00634. The van der Waals surface area contributed by atoms with Gasteiger partial charge in [-0.05, 0) is 49.9 Å². The van der Waals surface area contributed by atoms with Gasteiger partial charge in [-0.2, -0.15) is 0 Å². The molecule has 0 N–H and O–H groups in total. The molecule has 1 aliphatic rings. The number of rotatable bonds is 4. The number of hydrogen-bond acceptors (Lipinski definition) is 3. The van der Waals surface area contributed by atoms with Crippen LogP contribution in [-0.4, -0.2) is 20.4 Å². The molecule has 24 heavy (non-hydrogen) atoms. The van der Waals surface area contributed by atoms with Crippen LogP contribution in [0.1, 0.15) is 28.8 Å². The maximum Gasteiger partial charge on any atom is 0.253 e. The number of fused-ring (bicyclic) bond motifs is 1. The Kier molecular flexibility index (Phi) is 3.37. The van der Waals surface area contributed by atoms with Crippen molar-refractivity contribution in [2.24, 2.45) is 13.0 Å². The van der Waals surface area contributed by atoms with E-state index in [1.807, 2.05) is 31.3 Å². The lowest BCUT2D eigenvalue weighted by Gasteiger charge is -2.10. The molecule has 0 aliphatic heterocycles. The van der Waals surface area contributed by atoms with E-state index in [9.17, 15) is 9.59 Å². The Balaban J connectivity index is 1.96. The largest absolute Gasteiger partial charge is 0.324 e. The van der Waals surface area contributed by atoms with Gasteiger partial charge in [0.1, 0.15) is 12.1 Å². The molecule has 0 saturated heterocycles. The molecule has 0 radical (unpaired) electrons. The molecule has 0 spiro atoms. The van der Waals surface area contributed by atoms with Crippen molar-refractivity contribution in [1.29, 1.82) is 0 Å². The Morgan fingerprint density at radius 1 is 1.29 bits per heavy atom. The van der Waals surface area contributed by atoms with Gasteiger partial charge in [-0.15, -0.1) is 0 Å². The Morgan fingerprint density at radius 2 is 2.08 bits per heavy atom. The minimum Gasteiger partial charge on any atom is -0.324 e. The lowest BCUT2D eigenvalue weighted by molar-refractivity contribution is 0.112. The van der Waals surface area contributed by atoms with E-state index < -0.39 is 0 Å². The van der Waals surface area contributed by atoms with Crippen LogP contribution >= 0.6 is 0 Å². The van der Waals surface area contributed by atoms with Crippen molar-refractivity contribution in [2.45, 2.75) is 26.3 Å². The number of carbonyl (C=O) groups is 1. The third kappa shape index (κ3) is 2.46. The van der Waals surface area contributed by atoms with E-state index in [-0.39, 0.29) is 5.56 Å². The fourth-order valence-electron chi connectivity index (χ4n) is 3.18. The lowest BCUT2D eigenvalue weighted by Crippen LogP contribution is -2.18. The summed E-state index contributed by atoms with van der Waals surface area (Å²) in [5.74, 6) is 1.54. The maximum atomic E-state index is 12.0. The quantitative estimate of drug-likeness (QED) is 0.694. The van der Waals surface area contributed by atoms with E-state index >= 15 is 0 Å². The smallest absolute Gasteiger partial charge is 0.253 e. The molecule has 0 bridgehead atoms. The van der Waals surface area contributed by atoms with E-state index in [2.05, 4.69) is 4.57 Å². The molecule has 3 aromatic rings. The molecule has 5 heteroatoms. The summed E-state index contributed by atoms with van der Waals surface area (Å²) in [5.41, 5.74) is 4.15. The van der Waals surface area contributed by atoms with E-state index in [4.69, 9.17) is 4.98 Å². The molecular weight excluding hydrogens is 302 g/mol. The molecule has 1 aliphatic carbocycles. The van der Waals surface area contributed by atoms with Crippen LogP contribution in [0.5, 0.6) is 0 Å². The first-order valence-corrected chi connectivity index (χ1v) is 8.20. The Hall–Kier alpha value is -2.69. The van der Waals surface area contributed by atoms with Crippen LogP contribution in [-0.2, 0) is 13.6 Å². The second-order valence-electron chi connectivity index (χ2n) is 6.68. The topological polar surface area (TPSA) is 56.9 Å². The van der Waals surface area contributed by atoms with E-state index in [0.29, 0.717) is 17.0 Å². The predicted molar refractivity (Wildman–Crippen MR) is 93.3 cm³/mol. The molecular formula is C19H19N3O2. The van der Waals surface area contributed by atoms with Gasteiger partial charge in [0.25, 0.3) is 5.56 Å².